The van der Waals surface area contributed by atoms with Gasteiger partial charge in [0.15, 0.2) is 6.61 Å². The second-order valence-corrected chi connectivity index (χ2v) is 5.94. The first-order chi connectivity index (χ1) is 11.0. The van der Waals surface area contributed by atoms with Gasteiger partial charge in [-0.25, -0.2) is 4.79 Å². The summed E-state index contributed by atoms with van der Waals surface area (Å²) in [6, 6.07) is 0. The smallest absolute Gasteiger partial charge is 0.331 e. The lowest BCUT2D eigenvalue weighted by atomic mass is 10.2. The van der Waals surface area contributed by atoms with Crippen LogP contribution in [0.15, 0.2) is 6.08 Å². The molecule has 0 radical (unpaired) electrons. The van der Waals surface area contributed by atoms with Gasteiger partial charge in [0, 0.05) is 37.5 Å². The molecule has 1 aliphatic rings. The highest BCUT2D eigenvalue weighted by Gasteiger charge is 2.16. The summed E-state index contributed by atoms with van der Waals surface area (Å²) in [4.78, 5) is 25.6. The molecule has 0 bridgehead atoms. The van der Waals surface area contributed by atoms with Crippen LogP contribution in [0.3, 0.4) is 0 Å². The Kier molecular flexibility index (Phi) is 5.96. The molecule has 126 valence electrons. The van der Waals surface area contributed by atoms with E-state index in [1.807, 2.05) is 20.9 Å². The van der Waals surface area contributed by atoms with E-state index < -0.39 is 5.97 Å². The number of aryl methyl sites for hydroxylation is 2. The van der Waals surface area contributed by atoms with E-state index in [4.69, 9.17) is 4.74 Å². The van der Waals surface area contributed by atoms with Crippen molar-refractivity contribution in [3.05, 3.63) is 23.0 Å². The Balaban J connectivity index is 1.84. The molecular weight excluding hydrogens is 294 g/mol. The van der Waals surface area contributed by atoms with E-state index in [-0.39, 0.29) is 12.5 Å². The lowest BCUT2D eigenvalue weighted by Crippen LogP contribution is -2.35. The monoisotopic (exact) mass is 319 g/mol. The molecular formula is C17H25N3O3. The summed E-state index contributed by atoms with van der Waals surface area (Å²) in [7, 11) is 1.86. The number of nitrogens with zero attached hydrogens (tertiary/aromatic N) is 3. The number of rotatable bonds is 4. The van der Waals surface area contributed by atoms with E-state index in [1.54, 1.807) is 15.7 Å². The van der Waals surface area contributed by atoms with Crippen LogP contribution >= 0.6 is 0 Å². The molecule has 2 heterocycles. The summed E-state index contributed by atoms with van der Waals surface area (Å²) in [5.41, 5.74) is 2.74. The summed E-state index contributed by atoms with van der Waals surface area (Å²) in [5.74, 6) is -0.613. The van der Waals surface area contributed by atoms with Crippen LogP contribution in [-0.2, 0) is 21.4 Å². The Morgan fingerprint density at radius 2 is 1.83 bits per heavy atom. The van der Waals surface area contributed by atoms with Crippen molar-refractivity contribution >= 4 is 18.0 Å². The number of hydrogen-bond acceptors (Lipinski definition) is 4. The summed E-state index contributed by atoms with van der Waals surface area (Å²) in [5, 5.41) is 4.29. The molecule has 0 aromatic carbocycles. The first kappa shape index (κ1) is 17.2. The molecule has 1 fully saturated rings. The molecule has 2 rings (SSSR count). The Morgan fingerprint density at radius 1 is 1.17 bits per heavy atom. The number of hydrogen-bond donors (Lipinski definition) is 0. The first-order valence-electron chi connectivity index (χ1n) is 8.12. The molecule has 1 aromatic rings. The van der Waals surface area contributed by atoms with Gasteiger partial charge in [0.25, 0.3) is 5.91 Å². The summed E-state index contributed by atoms with van der Waals surface area (Å²) < 4.78 is 6.83. The van der Waals surface area contributed by atoms with Crippen LogP contribution in [0.2, 0.25) is 0 Å². The Labute approximate surface area is 137 Å². The molecule has 6 heteroatoms. The quantitative estimate of drug-likeness (QED) is 0.629. The maximum Gasteiger partial charge on any atom is 0.331 e. The third-order valence-electron chi connectivity index (χ3n) is 4.25. The first-order valence-corrected chi connectivity index (χ1v) is 8.12. The van der Waals surface area contributed by atoms with Crippen molar-refractivity contribution in [2.45, 2.75) is 39.5 Å². The molecule has 0 aliphatic carbocycles. The number of esters is 1. The predicted octanol–water partition coefficient (Wildman–Crippen LogP) is 2.00. The normalized spacial score (nSPS) is 15.7. The Bertz CT molecular complexity index is 596. The molecule has 1 aromatic heterocycles. The van der Waals surface area contributed by atoms with E-state index in [0.29, 0.717) is 0 Å². The molecule has 1 amide bonds. The lowest BCUT2D eigenvalue weighted by molar-refractivity contribution is -0.148. The standard InChI is InChI=1S/C17H25N3O3/c1-13-15(14(2)19(3)18-13)8-9-17(22)23-12-16(21)20-10-6-4-5-7-11-20/h8-9H,4-7,10-12H2,1-3H3/b9-8+. The fraction of sp³-hybridized carbons (Fsp3) is 0.588. The van der Waals surface area contributed by atoms with Gasteiger partial charge in [-0.2, -0.15) is 5.10 Å². The second-order valence-electron chi connectivity index (χ2n) is 5.94. The fourth-order valence-electron chi connectivity index (χ4n) is 2.77. The fourth-order valence-corrected chi connectivity index (χ4v) is 2.77. The van der Waals surface area contributed by atoms with Crippen molar-refractivity contribution in [1.82, 2.24) is 14.7 Å². The maximum absolute atomic E-state index is 12.1. The highest BCUT2D eigenvalue weighted by atomic mass is 16.5. The van der Waals surface area contributed by atoms with Gasteiger partial charge in [-0.05, 0) is 32.8 Å². The van der Waals surface area contributed by atoms with Crippen LogP contribution in [-0.4, -0.2) is 46.3 Å². The average Bonchev–Trinajstić information content (AvgIpc) is 2.74. The molecule has 0 saturated carbocycles. The predicted molar refractivity (Wildman–Crippen MR) is 87.7 cm³/mol. The van der Waals surface area contributed by atoms with Crippen molar-refractivity contribution in [2.24, 2.45) is 7.05 Å². The minimum atomic E-state index is -0.504. The third-order valence-corrected chi connectivity index (χ3v) is 4.25. The van der Waals surface area contributed by atoms with Gasteiger partial charge < -0.3 is 9.64 Å². The van der Waals surface area contributed by atoms with Gasteiger partial charge in [-0.3, -0.25) is 9.48 Å². The van der Waals surface area contributed by atoms with Gasteiger partial charge >= 0.3 is 5.97 Å². The van der Waals surface area contributed by atoms with E-state index in [9.17, 15) is 9.59 Å². The van der Waals surface area contributed by atoms with E-state index >= 15 is 0 Å². The van der Waals surface area contributed by atoms with Gasteiger partial charge in [0.1, 0.15) is 0 Å². The van der Waals surface area contributed by atoms with Gasteiger partial charge in [-0.1, -0.05) is 12.8 Å². The molecule has 23 heavy (non-hydrogen) atoms. The number of carbonyl (C=O) groups excluding carboxylic acids is 2. The van der Waals surface area contributed by atoms with Crippen LogP contribution in [0.25, 0.3) is 6.08 Å². The van der Waals surface area contributed by atoms with Crippen LogP contribution in [0.1, 0.15) is 42.6 Å². The maximum atomic E-state index is 12.1. The number of carbonyl (C=O) groups is 2. The topological polar surface area (TPSA) is 64.4 Å². The van der Waals surface area contributed by atoms with Crippen molar-refractivity contribution in [3.8, 4) is 0 Å². The van der Waals surface area contributed by atoms with E-state index in [0.717, 1.165) is 55.7 Å². The average molecular weight is 319 g/mol. The highest BCUT2D eigenvalue weighted by molar-refractivity contribution is 5.89. The zero-order valence-corrected chi connectivity index (χ0v) is 14.2. The summed E-state index contributed by atoms with van der Waals surface area (Å²) in [6.07, 6.45) is 7.42. The molecule has 0 spiro atoms. The van der Waals surface area contributed by atoms with Crippen molar-refractivity contribution in [2.75, 3.05) is 19.7 Å². The molecule has 0 unspecified atom stereocenters. The molecule has 0 N–H and O–H groups in total. The number of aromatic nitrogens is 2. The van der Waals surface area contributed by atoms with Crippen molar-refractivity contribution in [1.29, 1.82) is 0 Å². The van der Waals surface area contributed by atoms with Crippen molar-refractivity contribution in [3.63, 3.8) is 0 Å². The molecule has 1 aliphatic heterocycles. The summed E-state index contributed by atoms with van der Waals surface area (Å²) in [6.45, 7) is 5.17. The number of ether oxygens (including phenoxy) is 1. The van der Waals surface area contributed by atoms with Crippen LogP contribution in [0.4, 0.5) is 0 Å². The van der Waals surface area contributed by atoms with Gasteiger partial charge in [0.05, 0.1) is 5.69 Å². The summed E-state index contributed by atoms with van der Waals surface area (Å²) >= 11 is 0. The number of likely N-dealkylation sites (tertiary alicyclic amines) is 1. The zero-order chi connectivity index (χ0) is 16.8. The Hall–Kier alpha value is -2.11. The largest absolute Gasteiger partial charge is 0.452 e. The minimum absolute atomic E-state index is 0.109. The Morgan fingerprint density at radius 3 is 2.39 bits per heavy atom. The number of amides is 1. The zero-order valence-electron chi connectivity index (χ0n) is 14.2. The van der Waals surface area contributed by atoms with E-state index in [2.05, 4.69) is 5.10 Å². The van der Waals surface area contributed by atoms with E-state index in [1.165, 1.54) is 6.08 Å². The van der Waals surface area contributed by atoms with Crippen LogP contribution < -0.4 is 0 Å². The highest BCUT2D eigenvalue weighted by Crippen LogP contribution is 2.14. The van der Waals surface area contributed by atoms with Crippen molar-refractivity contribution < 1.29 is 14.3 Å². The minimum Gasteiger partial charge on any atom is -0.452 e. The van der Waals surface area contributed by atoms with Crippen LogP contribution in [0.5, 0.6) is 0 Å². The van der Waals surface area contributed by atoms with Gasteiger partial charge in [-0.15, -0.1) is 0 Å². The molecule has 0 atom stereocenters. The van der Waals surface area contributed by atoms with Gasteiger partial charge in [0.2, 0.25) is 0 Å². The second kappa shape index (κ2) is 7.94. The molecule has 1 saturated heterocycles. The third kappa shape index (κ3) is 4.68. The lowest BCUT2D eigenvalue weighted by Gasteiger charge is -2.19. The van der Waals surface area contributed by atoms with Crippen LogP contribution in [0, 0.1) is 13.8 Å². The SMILES string of the molecule is Cc1nn(C)c(C)c1/C=C/C(=O)OCC(=O)N1CCCCCC1. The molecule has 6 nitrogen and oxygen atoms in total.